The van der Waals surface area contributed by atoms with Gasteiger partial charge in [0.1, 0.15) is 18.0 Å². The molecule has 1 aromatic heterocycles. The molecule has 3 fully saturated rings. The number of likely N-dealkylation sites (tertiary alicyclic amines) is 1. The van der Waals surface area contributed by atoms with Crippen LogP contribution in [0.5, 0.6) is 5.75 Å². The lowest BCUT2D eigenvalue weighted by Crippen LogP contribution is -2.52. The lowest BCUT2D eigenvalue weighted by Gasteiger charge is -2.39. The van der Waals surface area contributed by atoms with E-state index in [1.165, 1.54) is 0 Å². The van der Waals surface area contributed by atoms with Gasteiger partial charge in [0.2, 0.25) is 5.91 Å². The number of amides is 2. The number of nitrogens with one attached hydrogen (secondary N) is 1. The van der Waals surface area contributed by atoms with Gasteiger partial charge >= 0.3 is 0 Å². The summed E-state index contributed by atoms with van der Waals surface area (Å²) in [4.78, 5) is 28.9. The smallest absolute Gasteiger partial charge is 0.251 e. The normalized spacial score (nSPS) is 23.1. The number of carbonyl (C=O) groups excluding carboxylic acids is 2. The summed E-state index contributed by atoms with van der Waals surface area (Å²) in [5.41, 5.74) is 1.72. The molecule has 3 aliphatic rings. The molecular formula is C23H27N5O4. The van der Waals surface area contributed by atoms with Crippen LogP contribution in [-0.2, 0) is 14.3 Å². The standard InChI is InChI=1S/C23H27N5O4/c29-22(16-13-28(14-16)18-7-9-24-25-12-18)26-17-3-5-19(6-4-17)32-20-8-10-27(15-20)23(30)21-2-1-11-31-21/h3-7,9,12,16,20-21H,1-2,8,10-11,13-15H2,(H,26,29)/t20-,21?/m1/s1. The number of carbonyl (C=O) groups is 2. The molecule has 0 radical (unpaired) electrons. The first-order chi connectivity index (χ1) is 15.7. The van der Waals surface area contributed by atoms with Gasteiger partial charge in [-0.3, -0.25) is 9.59 Å². The third-order valence-corrected chi connectivity index (χ3v) is 6.27. The number of ether oxygens (including phenoxy) is 2. The van der Waals surface area contributed by atoms with Gasteiger partial charge in [0.05, 0.1) is 30.5 Å². The van der Waals surface area contributed by atoms with E-state index in [9.17, 15) is 9.59 Å². The number of benzene rings is 1. The SMILES string of the molecule is O=C(Nc1ccc(O[C@@H]2CCN(C(=O)C3CCCO3)C2)cc1)C1CN(c2ccnnc2)C1. The second-order valence-electron chi connectivity index (χ2n) is 8.53. The van der Waals surface area contributed by atoms with Crippen molar-refractivity contribution in [1.29, 1.82) is 0 Å². The molecule has 9 heteroatoms. The minimum absolute atomic E-state index is 0.0102. The molecule has 2 atom stereocenters. The van der Waals surface area contributed by atoms with Gasteiger partial charge in [-0.05, 0) is 43.2 Å². The topological polar surface area (TPSA) is 96.9 Å². The number of aromatic nitrogens is 2. The number of nitrogens with zero attached hydrogens (tertiary/aromatic N) is 4. The van der Waals surface area contributed by atoms with Crippen LogP contribution in [0.4, 0.5) is 11.4 Å². The molecule has 3 aliphatic heterocycles. The summed E-state index contributed by atoms with van der Waals surface area (Å²) >= 11 is 0. The molecule has 3 saturated heterocycles. The summed E-state index contributed by atoms with van der Waals surface area (Å²) < 4.78 is 11.6. The van der Waals surface area contributed by atoms with E-state index in [4.69, 9.17) is 9.47 Å². The molecule has 2 amide bonds. The molecule has 9 nitrogen and oxygen atoms in total. The Balaban J connectivity index is 1.07. The molecular weight excluding hydrogens is 410 g/mol. The number of rotatable bonds is 6. The van der Waals surface area contributed by atoms with Gasteiger partial charge in [0, 0.05) is 38.3 Å². The van der Waals surface area contributed by atoms with Crippen LogP contribution in [0.15, 0.2) is 42.7 Å². The monoisotopic (exact) mass is 437 g/mol. The van der Waals surface area contributed by atoms with Crippen LogP contribution in [0.25, 0.3) is 0 Å². The Morgan fingerprint density at radius 1 is 1.06 bits per heavy atom. The third kappa shape index (κ3) is 4.52. The molecule has 0 bridgehead atoms. The molecule has 1 N–H and O–H groups in total. The van der Waals surface area contributed by atoms with Crippen molar-refractivity contribution in [2.24, 2.45) is 5.92 Å². The van der Waals surface area contributed by atoms with Gasteiger partial charge in [0.15, 0.2) is 0 Å². The molecule has 4 heterocycles. The van der Waals surface area contributed by atoms with Crippen LogP contribution in [-0.4, -0.2) is 71.9 Å². The van der Waals surface area contributed by atoms with E-state index in [1.807, 2.05) is 35.2 Å². The molecule has 1 aromatic carbocycles. The Morgan fingerprint density at radius 3 is 2.62 bits per heavy atom. The zero-order valence-corrected chi connectivity index (χ0v) is 17.9. The quantitative estimate of drug-likeness (QED) is 0.735. The maximum Gasteiger partial charge on any atom is 0.251 e. The van der Waals surface area contributed by atoms with E-state index in [-0.39, 0.29) is 29.9 Å². The summed E-state index contributed by atoms with van der Waals surface area (Å²) in [7, 11) is 0. The zero-order chi connectivity index (χ0) is 21.9. The van der Waals surface area contributed by atoms with Crippen LogP contribution in [0.2, 0.25) is 0 Å². The third-order valence-electron chi connectivity index (χ3n) is 6.27. The second kappa shape index (κ2) is 9.12. The van der Waals surface area contributed by atoms with Crippen molar-refractivity contribution < 1.29 is 19.1 Å². The minimum Gasteiger partial charge on any atom is -0.489 e. The first-order valence-corrected chi connectivity index (χ1v) is 11.2. The average molecular weight is 438 g/mol. The Labute approximate surface area is 186 Å². The highest BCUT2D eigenvalue weighted by Crippen LogP contribution is 2.26. The molecule has 32 heavy (non-hydrogen) atoms. The van der Waals surface area contributed by atoms with E-state index >= 15 is 0 Å². The van der Waals surface area contributed by atoms with Gasteiger partial charge < -0.3 is 24.6 Å². The maximum atomic E-state index is 12.5. The van der Waals surface area contributed by atoms with Crippen molar-refractivity contribution in [3.63, 3.8) is 0 Å². The Morgan fingerprint density at radius 2 is 1.91 bits per heavy atom. The van der Waals surface area contributed by atoms with Crippen LogP contribution in [0, 0.1) is 5.92 Å². The summed E-state index contributed by atoms with van der Waals surface area (Å²) in [6, 6.07) is 9.30. The molecule has 1 unspecified atom stereocenters. The van der Waals surface area contributed by atoms with Gasteiger partial charge in [-0.25, -0.2) is 0 Å². The fraction of sp³-hybridized carbons (Fsp3) is 0.478. The minimum atomic E-state index is -0.277. The van der Waals surface area contributed by atoms with Gasteiger partial charge in [-0.2, -0.15) is 10.2 Å². The van der Waals surface area contributed by atoms with E-state index in [0.717, 1.165) is 36.4 Å². The van der Waals surface area contributed by atoms with E-state index in [0.29, 0.717) is 32.8 Å². The van der Waals surface area contributed by atoms with Crippen LogP contribution < -0.4 is 15.0 Å². The van der Waals surface area contributed by atoms with Crippen molar-refractivity contribution in [3.8, 4) is 5.75 Å². The fourth-order valence-corrected chi connectivity index (χ4v) is 4.38. The van der Waals surface area contributed by atoms with Gasteiger partial charge in [-0.1, -0.05) is 0 Å². The number of anilines is 2. The predicted molar refractivity (Wildman–Crippen MR) is 117 cm³/mol. The fourth-order valence-electron chi connectivity index (χ4n) is 4.38. The summed E-state index contributed by atoms with van der Waals surface area (Å²) in [5, 5.41) is 10.6. The first kappa shape index (κ1) is 20.7. The van der Waals surface area contributed by atoms with Crippen LogP contribution >= 0.6 is 0 Å². The largest absolute Gasteiger partial charge is 0.489 e. The highest BCUT2D eigenvalue weighted by molar-refractivity contribution is 5.94. The lowest BCUT2D eigenvalue weighted by molar-refractivity contribution is -0.140. The molecule has 168 valence electrons. The lowest BCUT2D eigenvalue weighted by atomic mass is 9.98. The zero-order valence-electron chi connectivity index (χ0n) is 17.9. The summed E-state index contributed by atoms with van der Waals surface area (Å²) in [5.74, 6) is 0.779. The first-order valence-electron chi connectivity index (χ1n) is 11.2. The molecule has 2 aromatic rings. The van der Waals surface area contributed by atoms with E-state index in [1.54, 1.807) is 12.4 Å². The van der Waals surface area contributed by atoms with Crippen molar-refractivity contribution in [2.45, 2.75) is 31.5 Å². The Kier molecular flexibility index (Phi) is 5.89. The van der Waals surface area contributed by atoms with Crippen LogP contribution in [0.1, 0.15) is 19.3 Å². The van der Waals surface area contributed by atoms with Crippen molar-refractivity contribution in [2.75, 3.05) is 43.0 Å². The highest BCUT2D eigenvalue weighted by Gasteiger charge is 2.34. The van der Waals surface area contributed by atoms with Crippen LogP contribution in [0.3, 0.4) is 0 Å². The van der Waals surface area contributed by atoms with Gasteiger partial charge in [0.25, 0.3) is 5.91 Å². The number of hydrogen-bond acceptors (Lipinski definition) is 7. The van der Waals surface area contributed by atoms with E-state index < -0.39 is 0 Å². The highest BCUT2D eigenvalue weighted by atomic mass is 16.5. The molecule has 0 spiro atoms. The molecule has 0 saturated carbocycles. The summed E-state index contributed by atoms with van der Waals surface area (Å²) in [6.45, 7) is 3.30. The second-order valence-corrected chi connectivity index (χ2v) is 8.53. The Hall–Kier alpha value is -3.20. The molecule has 5 rings (SSSR count). The number of hydrogen-bond donors (Lipinski definition) is 1. The predicted octanol–water partition coefficient (Wildman–Crippen LogP) is 1.71. The van der Waals surface area contributed by atoms with Gasteiger partial charge in [-0.15, -0.1) is 0 Å². The molecule has 0 aliphatic carbocycles. The summed E-state index contributed by atoms with van der Waals surface area (Å²) in [6.07, 6.45) is 5.63. The van der Waals surface area contributed by atoms with Crippen molar-refractivity contribution in [3.05, 3.63) is 42.7 Å². The van der Waals surface area contributed by atoms with Crippen molar-refractivity contribution >= 4 is 23.2 Å². The van der Waals surface area contributed by atoms with E-state index in [2.05, 4.69) is 20.4 Å². The maximum absolute atomic E-state index is 12.5. The van der Waals surface area contributed by atoms with Crippen molar-refractivity contribution in [1.82, 2.24) is 15.1 Å². The Bertz CT molecular complexity index is 943. The average Bonchev–Trinajstić information content (AvgIpc) is 3.47.